The lowest BCUT2D eigenvalue weighted by Crippen LogP contribution is -2.24. The van der Waals surface area contributed by atoms with Gasteiger partial charge in [-0.25, -0.2) is 9.97 Å². The summed E-state index contributed by atoms with van der Waals surface area (Å²) >= 11 is 0. The molecule has 33 heavy (non-hydrogen) atoms. The van der Waals surface area contributed by atoms with Gasteiger partial charge in [0.2, 0.25) is 11.8 Å². The summed E-state index contributed by atoms with van der Waals surface area (Å²) in [5.41, 5.74) is 3.89. The first-order valence-corrected chi connectivity index (χ1v) is 11.0. The van der Waals surface area contributed by atoms with Crippen LogP contribution in [-0.2, 0) is 11.3 Å². The van der Waals surface area contributed by atoms with Crippen LogP contribution in [-0.4, -0.2) is 55.2 Å². The number of amides is 1. The topological polar surface area (TPSA) is 101 Å². The number of fused-ring (bicyclic) bond motifs is 1. The van der Waals surface area contributed by atoms with Crippen molar-refractivity contribution in [2.45, 2.75) is 19.4 Å². The Kier molecular flexibility index (Phi) is 5.86. The molecule has 1 aromatic carbocycles. The second kappa shape index (κ2) is 9.25. The largest absolute Gasteiger partial charge is 0.437 e. The van der Waals surface area contributed by atoms with E-state index >= 15 is 0 Å². The zero-order valence-corrected chi connectivity index (χ0v) is 18.2. The molecule has 0 bridgehead atoms. The molecule has 0 spiro atoms. The Labute approximate surface area is 191 Å². The number of rotatable bonds is 8. The van der Waals surface area contributed by atoms with E-state index in [9.17, 15) is 4.79 Å². The van der Waals surface area contributed by atoms with Crippen molar-refractivity contribution in [2.24, 2.45) is 0 Å². The molecule has 0 aliphatic carbocycles. The predicted octanol–water partition coefficient (Wildman–Crippen LogP) is 3.83. The van der Waals surface area contributed by atoms with Gasteiger partial charge in [0.25, 0.3) is 0 Å². The monoisotopic (exact) mass is 443 g/mol. The molecule has 1 fully saturated rings. The third kappa shape index (κ3) is 4.78. The standard InChI is InChI=1S/C24H25N7O2/c1-2-21(32)28-18-6-5-7-19(12-18)33-22-15-26-24-23(29-22)20(14-25-24)17-13-27-31(16-17)11-10-30-8-3-4-9-30/h2,5-7,12-16H,1,3-4,8-11H2,(H,25,26)(H,28,32). The number of aromatic nitrogens is 5. The van der Waals surface area contributed by atoms with E-state index in [1.165, 1.54) is 32.0 Å². The number of carbonyl (C=O) groups excluding carboxylic acids is 1. The number of aromatic amines is 1. The van der Waals surface area contributed by atoms with Crippen molar-refractivity contribution in [2.75, 3.05) is 25.0 Å². The Morgan fingerprint density at radius 1 is 1.24 bits per heavy atom. The normalized spacial score (nSPS) is 13.9. The number of benzene rings is 1. The van der Waals surface area contributed by atoms with E-state index < -0.39 is 0 Å². The molecule has 4 heterocycles. The summed E-state index contributed by atoms with van der Waals surface area (Å²) in [6.45, 7) is 7.69. The van der Waals surface area contributed by atoms with Gasteiger partial charge in [-0.1, -0.05) is 12.6 Å². The molecule has 1 saturated heterocycles. The van der Waals surface area contributed by atoms with Gasteiger partial charge in [0.15, 0.2) is 5.65 Å². The van der Waals surface area contributed by atoms with Crippen LogP contribution in [0.2, 0.25) is 0 Å². The number of nitrogens with zero attached hydrogens (tertiary/aromatic N) is 5. The highest BCUT2D eigenvalue weighted by Gasteiger charge is 2.14. The van der Waals surface area contributed by atoms with E-state index in [4.69, 9.17) is 4.74 Å². The smallest absolute Gasteiger partial charge is 0.247 e. The van der Waals surface area contributed by atoms with Crippen LogP contribution in [0.3, 0.4) is 0 Å². The molecule has 1 aliphatic heterocycles. The summed E-state index contributed by atoms with van der Waals surface area (Å²) in [5, 5.41) is 7.24. The second-order valence-electron chi connectivity index (χ2n) is 7.97. The first-order valence-electron chi connectivity index (χ1n) is 11.0. The molecule has 4 aromatic rings. The molecule has 168 valence electrons. The number of likely N-dealkylation sites (tertiary alicyclic amines) is 1. The van der Waals surface area contributed by atoms with E-state index in [0.29, 0.717) is 28.5 Å². The maximum Gasteiger partial charge on any atom is 0.247 e. The van der Waals surface area contributed by atoms with Crippen molar-refractivity contribution in [1.29, 1.82) is 0 Å². The molecule has 2 N–H and O–H groups in total. The van der Waals surface area contributed by atoms with Gasteiger partial charge < -0.3 is 19.9 Å². The number of H-pyrrole nitrogens is 1. The lowest BCUT2D eigenvalue weighted by atomic mass is 10.2. The van der Waals surface area contributed by atoms with Gasteiger partial charge in [0.1, 0.15) is 11.3 Å². The predicted molar refractivity (Wildman–Crippen MR) is 126 cm³/mol. The Morgan fingerprint density at radius 2 is 2.12 bits per heavy atom. The van der Waals surface area contributed by atoms with Crippen molar-refractivity contribution in [3.8, 4) is 22.8 Å². The lowest BCUT2D eigenvalue weighted by Gasteiger charge is -2.13. The molecule has 9 heteroatoms. The summed E-state index contributed by atoms with van der Waals surface area (Å²) in [6.07, 6.45) is 11.1. The average molecular weight is 444 g/mol. The van der Waals surface area contributed by atoms with Gasteiger partial charge in [-0.3, -0.25) is 9.48 Å². The number of anilines is 1. The minimum atomic E-state index is -0.286. The third-order valence-electron chi connectivity index (χ3n) is 5.66. The van der Waals surface area contributed by atoms with Gasteiger partial charge in [-0.05, 0) is 44.1 Å². The average Bonchev–Trinajstić information content (AvgIpc) is 3.58. The number of carbonyl (C=O) groups is 1. The van der Waals surface area contributed by atoms with Gasteiger partial charge in [-0.15, -0.1) is 0 Å². The molecule has 5 rings (SSSR count). The van der Waals surface area contributed by atoms with Crippen LogP contribution in [0.25, 0.3) is 22.3 Å². The summed E-state index contributed by atoms with van der Waals surface area (Å²) < 4.78 is 7.89. The highest BCUT2D eigenvalue weighted by molar-refractivity contribution is 5.99. The van der Waals surface area contributed by atoms with Crippen molar-refractivity contribution in [1.82, 2.24) is 29.6 Å². The van der Waals surface area contributed by atoms with Crippen LogP contribution in [0.4, 0.5) is 5.69 Å². The summed E-state index contributed by atoms with van der Waals surface area (Å²) in [4.78, 5) is 26.3. The Hall–Kier alpha value is -3.98. The number of ether oxygens (including phenoxy) is 1. The van der Waals surface area contributed by atoms with Gasteiger partial charge >= 0.3 is 0 Å². The van der Waals surface area contributed by atoms with Crippen molar-refractivity contribution in [3.63, 3.8) is 0 Å². The van der Waals surface area contributed by atoms with Gasteiger partial charge in [-0.2, -0.15) is 5.10 Å². The maximum atomic E-state index is 11.5. The maximum absolute atomic E-state index is 11.5. The van der Waals surface area contributed by atoms with E-state index in [2.05, 4.69) is 36.8 Å². The molecule has 3 aromatic heterocycles. The van der Waals surface area contributed by atoms with Crippen LogP contribution in [0.5, 0.6) is 11.6 Å². The highest BCUT2D eigenvalue weighted by atomic mass is 16.5. The third-order valence-corrected chi connectivity index (χ3v) is 5.66. The van der Waals surface area contributed by atoms with Gasteiger partial charge in [0, 0.05) is 41.8 Å². The van der Waals surface area contributed by atoms with Crippen LogP contribution in [0.1, 0.15) is 12.8 Å². The van der Waals surface area contributed by atoms with E-state index in [-0.39, 0.29) is 5.91 Å². The Bertz CT molecular complexity index is 1290. The zero-order valence-electron chi connectivity index (χ0n) is 18.2. The van der Waals surface area contributed by atoms with Gasteiger partial charge in [0.05, 0.1) is 18.9 Å². The van der Waals surface area contributed by atoms with E-state index in [1.807, 2.05) is 23.3 Å². The molecule has 0 radical (unpaired) electrons. The molecule has 0 unspecified atom stereocenters. The Balaban J connectivity index is 1.33. The fraction of sp³-hybridized carbons (Fsp3) is 0.250. The minimum Gasteiger partial charge on any atom is -0.437 e. The highest BCUT2D eigenvalue weighted by Crippen LogP contribution is 2.29. The quantitative estimate of drug-likeness (QED) is 0.402. The molecular weight excluding hydrogens is 418 g/mol. The molecule has 0 saturated carbocycles. The molecule has 1 aliphatic rings. The van der Waals surface area contributed by atoms with Crippen molar-refractivity contribution in [3.05, 3.63) is 61.7 Å². The lowest BCUT2D eigenvalue weighted by molar-refractivity contribution is -0.111. The van der Waals surface area contributed by atoms with Crippen LogP contribution in [0, 0.1) is 0 Å². The van der Waals surface area contributed by atoms with E-state index in [0.717, 1.165) is 24.2 Å². The second-order valence-corrected chi connectivity index (χ2v) is 7.97. The fourth-order valence-corrected chi connectivity index (χ4v) is 3.97. The van der Waals surface area contributed by atoms with Crippen LogP contribution in [0.15, 0.2) is 61.7 Å². The Morgan fingerprint density at radius 3 is 2.97 bits per heavy atom. The number of hydrogen-bond acceptors (Lipinski definition) is 6. The summed E-state index contributed by atoms with van der Waals surface area (Å²) in [7, 11) is 0. The zero-order chi connectivity index (χ0) is 22.6. The summed E-state index contributed by atoms with van der Waals surface area (Å²) in [6, 6.07) is 7.07. The molecule has 9 nitrogen and oxygen atoms in total. The van der Waals surface area contributed by atoms with Crippen molar-refractivity contribution < 1.29 is 9.53 Å². The van der Waals surface area contributed by atoms with Crippen LogP contribution >= 0.6 is 0 Å². The van der Waals surface area contributed by atoms with Crippen LogP contribution < -0.4 is 10.1 Å². The number of hydrogen-bond donors (Lipinski definition) is 2. The fourth-order valence-electron chi connectivity index (χ4n) is 3.97. The minimum absolute atomic E-state index is 0.286. The van der Waals surface area contributed by atoms with Crippen molar-refractivity contribution >= 4 is 22.8 Å². The summed E-state index contributed by atoms with van der Waals surface area (Å²) in [5.74, 6) is 0.612. The first-order chi connectivity index (χ1) is 16.2. The molecular formula is C24H25N7O2. The number of nitrogens with one attached hydrogen (secondary N) is 2. The SMILES string of the molecule is C=CC(=O)Nc1cccc(Oc2cnc3[nH]cc(-c4cnn(CCN5CCCC5)c4)c3n2)c1. The molecule has 0 atom stereocenters. The van der Waals surface area contributed by atoms with E-state index in [1.54, 1.807) is 30.5 Å². The first kappa shape index (κ1) is 20.9. The molecule has 1 amide bonds.